The molecule has 0 heterocycles. The lowest BCUT2D eigenvalue weighted by Crippen LogP contribution is -2.13. The highest BCUT2D eigenvalue weighted by molar-refractivity contribution is 5.97. The van der Waals surface area contributed by atoms with E-state index in [0.717, 1.165) is 6.08 Å². The molecule has 2 N–H and O–H groups in total. The number of esters is 1. The first kappa shape index (κ1) is 8.68. The molecule has 10 heavy (non-hydrogen) atoms. The summed E-state index contributed by atoms with van der Waals surface area (Å²) in [6.07, 6.45) is 1.04. The Hall–Kier alpha value is -1.32. The largest absolute Gasteiger partial charge is 0.466 e. The summed E-state index contributed by atoms with van der Waals surface area (Å²) < 4.78 is 4.25. The molecule has 56 valence electrons. The predicted octanol–water partition coefficient (Wildman–Crippen LogP) is -0.409. The molecule has 0 fully saturated rings. The van der Waals surface area contributed by atoms with Crippen LogP contribution in [0.15, 0.2) is 11.6 Å². The molecule has 0 saturated heterocycles. The zero-order valence-electron chi connectivity index (χ0n) is 5.88. The minimum absolute atomic E-state index is 0.187. The van der Waals surface area contributed by atoms with Crippen LogP contribution in [0.3, 0.4) is 0 Å². The molecule has 1 amide bonds. The van der Waals surface area contributed by atoms with E-state index in [9.17, 15) is 9.59 Å². The fourth-order valence-electron chi connectivity index (χ4n) is 0.307. The molecule has 0 radical (unpaired) electrons. The van der Waals surface area contributed by atoms with Gasteiger partial charge in [0.2, 0.25) is 5.91 Å². The number of amides is 1. The lowest BCUT2D eigenvalue weighted by molar-refractivity contribution is -0.135. The number of ether oxygens (including phenoxy) is 1. The van der Waals surface area contributed by atoms with Crippen molar-refractivity contribution in [3.05, 3.63) is 11.6 Å². The van der Waals surface area contributed by atoms with Gasteiger partial charge in [0.1, 0.15) is 0 Å². The molecule has 0 saturated carbocycles. The SMILES string of the molecule is COC(=O)/C=C(/C)C(N)=O. The van der Waals surface area contributed by atoms with Crippen LogP contribution < -0.4 is 5.73 Å². The molecule has 0 atom stereocenters. The second-order valence-corrected chi connectivity index (χ2v) is 1.71. The Kier molecular flexibility index (Phi) is 3.17. The standard InChI is InChI=1S/C6H9NO3/c1-4(6(7)9)3-5(8)10-2/h3H,1-2H3,(H2,7,9)/b4-3-. The molecule has 4 heteroatoms. The van der Waals surface area contributed by atoms with Gasteiger partial charge in [-0.2, -0.15) is 0 Å². The molecular weight excluding hydrogens is 134 g/mol. The van der Waals surface area contributed by atoms with Crippen molar-refractivity contribution in [2.45, 2.75) is 6.92 Å². The molecule has 0 aromatic heterocycles. The Balaban J connectivity index is 4.16. The summed E-state index contributed by atoms with van der Waals surface area (Å²) in [4.78, 5) is 20.7. The molecule has 0 aliphatic heterocycles. The number of carbonyl (C=O) groups is 2. The lowest BCUT2D eigenvalue weighted by Gasteiger charge is -1.92. The van der Waals surface area contributed by atoms with Crippen molar-refractivity contribution in [2.24, 2.45) is 5.73 Å². The van der Waals surface area contributed by atoms with Crippen LogP contribution in [-0.4, -0.2) is 19.0 Å². The fraction of sp³-hybridized carbons (Fsp3) is 0.333. The average Bonchev–Trinajstić information content (AvgIpc) is 1.87. The third kappa shape index (κ3) is 2.86. The summed E-state index contributed by atoms with van der Waals surface area (Å²) >= 11 is 0. The van der Waals surface area contributed by atoms with E-state index in [4.69, 9.17) is 5.73 Å². The third-order valence-electron chi connectivity index (χ3n) is 0.924. The van der Waals surface area contributed by atoms with Crippen LogP contribution in [0.25, 0.3) is 0 Å². The van der Waals surface area contributed by atoms with Crippen molar-refractivity contribution in [3.63, 3.8) is 0 Å². The molecule has 0 rings (SSSR count). The molecular formula is C6H9NO3. The first-order valence-electron chi connectivity index (χ1n) is 2.64. The molecule has 4 nitrogen and oxygen atoms in total. The van der Waals surface area contributed by atoms with Crippen LogP contribution in [-0.2, 0) is 14.3 Å². The van der Waals surface area contributed by atoms with E-state index in [2.05, 4.69) is 4.74 Å². The summed E-state index contributed by atoms with van der Waals surface area (Å²) in [7, 11) is 1.23. The Bertz CT molecular complexity index is 183. The van der Waals surface area contributed by atoms with E-state index in [1.807, 2.05) is 0 Å². The Labute approximate surface area is 58.7 Å². The number of carbonyl (C=O) groups excluding carboxylic acids is 2. The van der Waals surface area contributed by atoms with E-state index in [1.165, 1.54) is 14.0 Å². The zero-order chi connectivity index (χ0) is 8.15. The van der Waals surface area contributed by atoms with Crippen molar-refractivity contribution in [3.8, 4) is 0 Å². The minimum atomic E-state index is -0.620. The van der Waals surface area contributed by atoms with Crippen molar-refractivity contribution < 1.29 is 14.3 Å². The van der Waals surface area contributed by atoms with E-state index >= 15 is 0 Å². The molecule has 0 bridgehead atoms. The molecule has 0 aliphatic rings. The fourth-order valence-corrected chi connectivity index (χ4v) is 0.307. The van der Waals surface area contributed by atoms with Gasteiger partial charge in [-0.25, -0.2) is 4.79 Å². The van der Waals surface area contributed by atoms with Crippen molar-refractivity contribution in [2.75, 3.05) is 7.11 Å². The predicted molar refractivity (Wildman–Crippen MR) is 35.0 cm³/mol. The quantitative estimate of drug-likeness (QED) is 0.422. The van der Waals surface area contributed by atoms with Crippen LogP contribution in [0.5, 0.6) is 0 Å². The molecule has 0 aromatic carbocycles. The number of methoxy groups -OCH3 is 1. The summed E-state index contributed by atoms with van der Waals surface area (Å²) in [5.74, 6) is -1.19. The first-order valence-corrected chi connectivity index (χ1v) is 2.64. The molecule has 0 aromatic rings. The Morgan fingerprint density at radius 2 is 2.00 bits per heavy atom. The van der Waals surface area contributed by atoms with Crippen LogP contribution >= 0.6 is 0 Å². The maximum Gasteiger partial charge on any atom is 0.330 e. The van der Waals surface area contributed by atoms with Gasteiger partial charge in [0, 0.05) is 11.6 Å². The van der Waals surface area contributed by atoms with Crippen LogP contribution in [0.4, 0.5) is 0 Å². The Morgan fingerprint density at radius 1 is 1.50 bits per heavy atom. The highest BCUT2D eigenvalue weighted by Gasteiger charge is 2.00. The highest BCUT2D eigenvalue weighted by Crippen LogP contribution is 1.90. The summed E-state index contributed by atoms with van der Waals surface area (Å²) in [6, 6.07) is 0. The molecule has 0 spiro atoms. The van der Waals surface area contributed by atoms with Gasteiger partial charge < -0.3 is 10.5 Å². The lowest BCUT2D eigenvalue weighted by atomic mass is 10.3. The van der Waals surface area contributed by atoms with Gasteiger partial charge in [0.25, 0.3) is 0 Å². The average molecular weight is 143 g/mol. The monoisotopic (exact) mass is 143 g/mol. The van der Waals surface area contributed by atoms with Gasteiger partial charge in [-0.15, -0.1) is 0 Å². The van der Waals surface area contributed by atoms with Gasteiger partial charge in [0.05, 0.1) is 7.11 Å². The number of nitrogens with two attached hydrogens (primary N) is 1. The smallest absolute Gasteiger partial charge is 0.330 e. The van der Waals surface area contributed by atoms with Crippen molar-refractivity contribution in [1.29, 1.82) is 0 Å². The Morgan fingerprint density at radius 3 is 2.30 bits per heavy atom. The second-order valence-electron chi connectivity index (χ2n) is 1.71. The first-order chi connectivity index (χ1) is 4.57. The number of hydrogen-bond acceptors (Lipinski definition) is 3. The maximum atomic E-state index is 10.4. The maximum absolute atomic E-state index is 10.4. The summed E-state index contributed by atoms with van der Waals surface area (Å²) in [5.41, 5.74) is 5.01. The topological polar surface area (TPSA) is 69.4 Å². The molecule has 0 unspecified atom stereocenters. The zero-order valence-corrected chi connectivity index (χ0v) is 5.88. The van der Waals surface area contributed by atoms with E-state index < -0.39 is 11.9 Å². The number of primary amides is 1. The highest BCUT2D eigenvalue weighted by atomic mass is 16.5. The number of rotatable bonds is 2. The van der Waals surface area contributed by atoms with E-state index in [0.29, 0.717) is 0 Å². The number of hydrogen-bond donors (Lipinski definition) is 1. The van der Waals surface area contributed by atoms with Gasteiger partial charge in [-0.1, -0.05) is 0 Å². The summed E-state index contributed by atoms with van der Waals surface area (Å²) in [6.45, 7) is 1.44. The van der Waals surface area contributed by atoms with Gasteiger partial charge in [-0.05, 0) is 6.92 Å². The van der Waals surface area contributed by atoms with Crippen LogP contribution in [0, 0.1) is 0 Å². The van der Waals surface area contributed by atoms with Gasteiger partial charge in [-0.3, -0.25) is 4.79 Å². The van der Waals surface area contributed by atoms with Crippen LogP contribution in [0.1, 0.15) is 6.92 Å². The van der Waals surface area contributed by atoms with Gasteiger partial charge in [0.15, 0.2) is 0 Å². The van der Waals surface area contributed by atoms with Crippen molar-refractivity contribution >= 4 is 11.9 Å². The van der Waals surface area contributed by atoms with E-state index in [1.54, 1.807) is 0 Å². The molecule has 0 aliphatic carbocycles. The summed E-state index contributed by atoms with van der Waals surface area (Å²) in [5, 5.41) is 0. The van der Waals surface area contributed by atoms with Crippen LogP contribution in [0.2, 0.25) is 0 Å². The minimum Gasteiger partial charge on any atom is -0.466 e. The van der Waals surface area contributed by atoms with E-state index in [-0.39, 0.29) is 5.57 Å². The second kappa shape index (κ2) is 3.66. The van der Waals surface area contributed by atoms with Crippen molar-refractivity contribution in [1.82, 2.24) is 0 Å². The van der Waals surface area contributed by atoms with Gasteiger partial charge >= 0.3 is 5.97 Å². The normalized spacial score (nSPS) is 10.8. The third-order valence-corrected chi connectivity index (χ3v) is 0.924.